The topological polar surface area (TPSA) is 29.3 Å². The summed E-state index contributed by atoms with van der Waals surface area (Å²) in [6, 6.07) is 12.3. The fourth-order valence-corrected chi connectivity index (χ4v) is 2.43. The molecule has 0 fully saturated rings. The molecule has 100 valence electrons. The molecule has 0 saturated carbocycles. The molecule has 0 aliphatic carbocycles. The van der Waals surface area contributed by atoms with Crippen molar-refractivity contribution in [3.05, 3.63) is 52.5 Å². The van der Waals surface area contributed by atoms with E-state index in [2.05, 4.69) is 49.9 Å². The van der Waals surface area contributed by atoms with Crippen LogP contribution < -0.4 is 10.6 Å². The molecule has 2 aromatic rings. The van der Waals surface area contributed by atoms with Gasteiger partial charge >= 0.3 is 0 Å². The summed E-state index contributed by atoms with van der Waals surface area (Å²) in [5, 5.41) is 0.603. The second-order valence-corrected chi connectivity index (χ2v) is 5.15. The van der Waals surface area contributed by atoms with Gasteiger partial charge in [0.15, 0.2) is 0 Å². The highest BCUT2D eigenvalue weighted by Crippen LogP contribution is 2.33. The smallest absolute Gasteiger partial charge is 0.0656 e. The Balaban J connectivity index is 2.51. The van der Waals surface area contributed by atoms with Gasteiger partial charge in [0.2, 0.25) is 0 Å². The summed E-state index contributed by atoms with van der Waals surface area (Å²) in [4.78, 5) is 2.24. The molecule has 0 amide bonds. The summed E-state index contributed by atoms with van der Waals surface area (Å²) < 4.78 is 0. The molecular formula is C16H19ClN2. The predicted molar refractivity (Wildman–Crippen MR) is 84.5 cm³/mol. The van der Waals surface area contributed by atoms with E-state index in [0.717, 1.165) is 17.8 Å². The van der Waals surface area contributed by atoms with E-state index < -0.39 is 0 Å². The predicted octanol–water partition coefficient (Wildman–Crippen LogP) is 4.70. The van der Waals surface area contributed by atoms with Crippen molar-refractivity contribution in [2.45, 2.75) is 20.8 Å². The minimum absolute atomic E-state index is 0.603. The minimum Gasteiger partial charge on any atom is -0.398 e. The number of hydrogen-bond acceptors (Lipinski definition) is 2. The van der Waals surface area contributed by atoms with Gasteiger partial charge in [-0.3, -0.25) is 0 Å². The molecule has 0 unspecified atom stereocenters. The molecule has 0 heterocycles. The Morgan fingerprint density at radius 1 is 1.16 bits per heavy atom. The number of nitrogens with two attached hydrogens (primary N) is 1. The molecular weight excluding hydrogens is 256 g/mol. The standard InChI is InChI=1S/C16H19ClN2/c1-4-19(13-7-5-6-11(2)8-13)16-10-14(17)15(18)9-12(16)3/h5-10H,4,18H2,1-3H3. The Morgan fingerprint density at radius 3 is 2.53 bits per heavy atom. The van der Waals surface area contributed by atoms with E-state index in [4.69, 9.17) is 17.3 Å². The van der Waals surface area contributed by atoms with Gasteiger partial charge in [0.1, 0.15) is 0 Å². The lowest BCUT2D eigenvalue weighted by Gasteiger charge is -2.26. The second kappa shape index (κ2) is 5.54. The van der Waals surface area contributed by atoms with Crippen LogP contribution in [0, 0.1) is 13.8 Å². The largest absolute Gasteiger partial charge is 0.398 e. The molecule has 0 aliphatic heterocycles. The normalized spacial score (nSPS) is 10.5. The van der Waals surface area contributed by atoms with Crippen LogP contribution in [0.1, 0.15) is 18.1 Å². The third kappa shape index (κ3) is 2.85. The number of anilines is 3. The Labute approximate surface area is 119 Å². The Morgan fingerprint density at radius 2 is 1.89 bits per heavy atom. The summed E-state index contributed by atoms with van der Waals surface area (Å²) in [7, 11) is 0. The first-order valence-electron chi connectivity index (χ1n) is 6.42. The van der Waals surface area contributed by atoms with Crippen LogP contribution in [0.5, 0.6) is 0 Å². The van der Waals surface area contributed by atoms with E-state index in [1.807, 2.05) is 12.1 Å². The molecule has 2 nitrogen and oxygen atoms in total. The number of aryl methyl sites for hydroxylation is 2. The van der Waals surface area contributed by atoms with Crippen molar-refractivity contribution < 1.29 is 0 Å². The third-order valence-corrected chi connectivity index (χ3v) is 3.56. The molecule has 0 spiro atoms. The fourth-order valence-electron chi connectivity index (χ4n) is 2.27. The Hall–Kier alpha value is -1.67. The highest BCUT2D eigenvalue weighted by atomic mass is 35.5. The van der Waals surface area contributed by atoms with Crippen LogP contribution in [0.4, 0.5) is 17.1 Å². The van der Waals surface area contributed by atoms with Gasteiger partial charge in [0.05, 0.1) is 10.7 Å². The van der Waals surface area contributed by atoms with Gasteiger partial charge in [-0.15, -0.1) is 0 Å². The summed E-state index contributed by atoms with van der Waals surface area (Å²) in [6.07, 6.45) is 0. The van der Waals surface area contributed by atoms with Crippen molar-refractivity contribution >= 4 is 28.7 Å². The number of halogens is 1. The van der Waals surface area contributed by atoms with Crippen LogP contribution >= 0.6 is 11.6 Å². The summed E-state index contributed by atoms with van der Waals surface area (Å²) >= 11 is 6.15. The highest BCUT2D eigenvalue weighted by Gasteiger charge is 2.12. The average molecular weight is 275 g/mol. The average Bonchev–Trinajstić information content (AvgIpc) is 2.36. The summed E-state index contributed by atoms with van der Waals surface area (Å²) in [5.41, 5.74) is 11.1. The minimum atomic E-state index is 0.603. The van der Waals surface area contributed by atoms with Crippen molar-refractivity contribution in [2.24, 2.45) is 0 Å². The monoisotopic (exact) mass is 274 g/mol. The molecule has 0 bridgehead atoms. The number of benzene rings is 2. The van der Waals surface area contributed by atoms with Gasteiger partial charge in [0.25, 0.3) is 0 Å². The number of nitrogens with zero attached hydrogens (tertiary/aromatic N) is 1. The van der Waals surface area contributed by atoms with E-state index in [0.29, 0.717) is 10.7 Å². The van der Waals surface area contributed by atoms with Gasteiger partial charge in [-0.05, 0) is 56.2 Å². The lowest BCUT2D eigenvalue weighted by molar-refractivity contribution is 1.01. The molecule has 2 N–H and O–H groups in total. The molecule has 0 atom stereocenters. The molecule has 2 rings (SSSR count). The molecule has 0 aromatic heterocycles. The maximum atomic E-state index is 6.15. The summed E-state index contributed by atoms with van der Waals surface area (Å²) in [6.45, 7) is 7.16. The summed E-state index contributed by atoms with van der Waals surface area (Å²) in [5.74, 6) is 0. The number of nitrogen functional groups attached to an aromatic ring is 1. The van der Waals surface area contributed by atoms with Crippen LogP contribution in [0.25, 0.3) is 0 Å². The molecule has 0 saturated heterocycles. The van der Waals surface area contributed by atoms with Gasteiger partial charge in [-0.1, -0.05) is 23.7 Å². The quantitative estimate of drug-likeness (QED) is 0.822. The van der Waals surface area contributed by atoms with Crippen LogP contribution in [0.15, 0.2) is 36.4 Å². The molecule has 0 aliphatic rings. The van der Waals surface area contributed by atoms with Crippen LogP contribution in [-0.2, 0) is 0 Å². The highest BCUT2D eigenvalue weighted by molar-refractivity contribution is 6.33. The van der Waals surface area contributed by atoms with E-state index in [9.17, 15) is 0 Å². The van der Waals surface area contributed by atoms with Crippen molar-refractivity contribution in [3.63, 3.8) is 0 Å². The van der Waals surface area contributed by atoms with Gasteiger partial charge in [-0.2, -0.15) is 0 Å². The second-order valence-electron chi connectivity index (χ2n) is 4.74. The van der Waals surface area contributed by atoms with E-state index in [-0.39, 0.29) is 0 Å². The van der Waals surface area contributed by atoms with E-state index >= 15 is 0 Å². The molecule has 2 aromatic carbocycles. The third-order valence-electron chi connectivity index (χ3n) is 3.24. The van der Waals surface area contributed by atoms with E-state index in [1.165, 1.54) is 11.3 Å². The Bertz CT molecular complexity index is 593. The van der Waals surface area contributed by atoms with Gasteiger partial charge in [0, 0.05) is 17.9 Å². The number of rotatable bonds is 3. The van der Waals surface area contributed by atoms with Crippen LogP contribution in [-0.4, -0.2) is 6.54 Å². The zero-order valence-corrected chi connectivity index (χ0v) is 12.3. The van der Waals surface area contributed by atoms with Gasteiger partial charge in [-0.25, -0.2) is 0 Å². The van der Waals surface area contributed by atoms with Crippen LogP contribution in [0.3, 0.4) is 0 Å². The van der Waals surface area contributed by atoms with Crippen molar-refractivity contribution in [1.82, 2.24) is 0 Å². The van der Waals surface area contributed by atoms with E-state index in [1.54, 1.807) is 0 Å². The lowest BCUT2D eigenvalue weighted by Crippen LogP contribution is -2.17. The molecule has 19 heavy (non-hydrogen) atoms. The van der Waals surface area contributed by atoms with Crippen molar-refractivity contribution in [1.29, 1.82) is 0 Å². The SMILES string of the molecule is CCN(c1cccc(C)c1)c1cc(Cl)c(N)cc1C. The lowest BCUT2D eigenvalue weighted by atomic mass is 10.1. The van der Waals surface area contributed by atoms with Crippen LogP contribution in [0.2, 0.25) is 5.02 Å². The molecule has 0 radical (unpaired) electrons. The van der Waals surface area contributed by atoms with Gasteiger partial charge < -0.3 is 10.6 Å². The zero-order valence-electron chi connectivity index (χ0n) is 11.6. The number of hydrogen-bond donors (Lipinski definition) is 1. The first kappa shape index (κ1) is 13.8. The first-order valence-corrected chi connectivity index (χ1v) is 6.80. The Kier molecular flexibility index (Phi) is 4.01. The van der Waals surface area contributed by atoms with Crippen molar-refractivity contribution in [2.75, 3.05) is 17.2 Å². The molecule has 3 heteroatoms. The van der Waals surface area contributed by atoms with Crippen molar-refractivity contribution in [3.8, 4) is 0 Å². The zero-order chi connectivity index (χ0) is 14.0. The fraction of sp³-hybridized carbons (Fsp3) is 0.250. The maximum absolute atomic E-state index is 6.15. The maximum Gasteiger partial charge on any atom is 0.0656 e. The first-order chi connectivity index (χ1) is 9.02.